The Morgan fingerprint density at radius 1 is 0.660 bits per heavy atom. The maximum atomic E-state index is 9.78. The highest BCUT2D eigenvalue weighted by atomic mass is 32.1. The van der Waals surface area contributed by atoms with E-state index in [0.717, 1.165) is 87.9 Å². The van der Waals surface area contributed by atoms with Gasteiger partial charge in [0.05, 0.1) is 13.7 Å². The van der Waals surface area contributed by atoms with Crippen LogP contribution in [0.2, 0.25) is 0 Å². The monoisotopic (exact) mass is 633 g/mol. The van der Waals surface area contributed by atoms with Crippen LogP contribution in [0.4, 0.5) is 0 Å². The van der Waals surface area contributed by atoms with Crippen molar-refractivity contribution in [2.24, 2.45) is 5.92 Å². The highest BCUT2D eigenvalue weighted by Gasteiger charge is 2.19. The number of methoxy groups -OCH3 is 1. The Morgan fingerprint density at radius 2 is 1.17 bits per heavy atom. The molecule has 2 heterocycles. The highest BCUT2D eigenvalue weighted by Crippen LogP contribution is 2.39. The van der Waals surface area contributed by atoms with Crippen molar-refractivity contribution in [3.8, 4) is 23.6 Å². The number of nitriles is 2. The molecule has 0 spiro atoms. The molecule has 6 heteroatoms. The van der Waals surface area contributed by atoms with Crippen molar-refractivity contribution in [1.82, 2.24) is 5.32 Å². The molecule has 4 aromatic carbocycles. The lowest BCUT2D eigenvalue weighted by Gasteiger charge is -2.23. The van der Waals surface area contributed by atoms with E-state index >= 15 is 0 Å². The highest BCUT2D eigenvalue weighted by molar-refractivity contribution is 7.11. The summed E-state index contributed by atoms with van der Waals surface area (Å²) < 4.78 is 11.7. The van der Waals surface area contributed by atoms with Crippen LogP contribution in [0.25, 0.3) is 16.7 Å². The molecular weight excluding hydrogens is 599 g/mol. The topological polar surface area (TPSA) is 78.1 Å². The average Bonchev–Trinajstić information content (AvgIpc) is 3.68. The van der Waals surface area contributed by atoms with Crippen LogP contribution in [0.5, 0.6) is 11.5 Å². The van der Waals surface area contributed by atoms with Crippen molar-refractivity contribution >= 4 is 28.1 Å². The molecule has 6 rings (SSSR count). The summed E-state index contributed by atoms with van der Waals surface area (Å²) in [5.74, 6) is 2.23. The third-order valence-corrected chi connectivity index (χ3v) is 9.37. The van der Waals surface area contributed by atoms with Crippen LogP contribution in [-0.4, -0.2) is 26.8 Å². The quantitative estimate of drug-likeness (QED) is 0.123. The summed E-state index contributed by atoms with van der Waals surface area (Å²) >= 11 is 1.51. The van der Waals surface area contributed by atoms with Gasteiger partial charge >= 0.3 is 0 Å². The van der Waals surface area contributed by atoms with E-state index in [1.807, 2.05) is 47.8 Å². The smallest absolute Gasteiger partial charge is 0.138 e. The maximum absolute atomic E-state index is 9.78. The standard InChI is InChI=1S/C41H35N3O2S/c1-45-36-17-13-33(14-18-36)41(34-15-19-37(20-16-34)46-28-29-21-23-44-24-22-29)40(30-6-3-2-4-7-30)32-11-9-31(10-12-32)39(35(26-42)27-43)38-8-5-25-47-38/h2-20,25,29,44H,21-24,28H2,1H3. The second kappa shape index (κ2) is 15.3. The third kappa shape index (κ3) is 7.37. The van der Waals surface area contributed by atoms with Crippen molar-refractivity contribution in [1.29, 1.82) is 10.5 Å². The number of ether oxygens (including phenoxy) is 2. The Balaban J connectivity index is 1.47. The zero-order chi connectivity index (χ0) is 32.4. The summed E-state index contributed by atoms with van der Waals surface area (Å²) in [7, 11) is 1.67. The normalized spacial score (nSPS) is 13.5. The van der Waals surface area contributed by atoms with Crippen LogP contribution in [0, 0.1) is 28.6 Å². The first kappa shape index (κ1) is 31.6. The molecule has 0 aliphatic carbocycles. The molecular formula is C41H35N3O2S. The van der Waals surface area contributed by atoms with Gasteiger partial charge in [0, 0.05) is 10.5 Å². The Labute approximate surface area is 280 Å². The predicted octanol–water partition coefficient (Wildman–Crippen LogP) is 8.99. The number of rotatable bonds is 10. The first-order valence-corrected chi connectivity index (χ1v) is 16.6. The zero-order valence-electron chi connectivity index (χ0n) is 26.3. The van der Waals surface area contributed by atoms with Gasteiger partial charge in [-0.3, -0.25) is 0 Å². The number of nitrogens with one attached hydrogen (secondary N) is 1. The summed E-state index contributed by atoms with van der Waals surface area (Å²) in [6.45, 7) is 2.83. The van der Waals surface area contributed by atoms with Gasteiger partial charge in [-0.15, -0.1) is 11.3 Å². The fourth-order valence-corrected chi connectivity index (χ4v) is 6.82. The van der Waals surface area contributed by atoms with Crippen LogP contribution in [0.1, 0.15) is 45.5 Å². The maximum Gasteiger partial charge on any atom is 0.138 e. The third-order valence-electron chi connectivity index (χ3n) is 8.48. The number of hydrogen-bond acceptors (Lipinski definition) is 6. The minimum atomic E-state index is 0.0976. The molecule has 0 amide bonds. The number of benzene rings is 4. The van der Waals surface area contributed by atoms with Crippen LogP contribution >= 0.6 is 11.3 Å². The van der Waals surface area contributed by atoms with E-state index in [0.29, 0.717) is 11.5 Å². The van der Waals surface area contributed by atoms with Gasteiger partial charge in [-0.25, -0.2) is 0 Å². The lowest BCUT2D eigenvalue weighted by atomic mass is 9.85. The predicted molar refractivity (Wildman–Crippen MR) is 190 cm³/mol. The Kier molecular flexibility index (Phi) is 10.3. The second-order valence-electron chi connectivity index (χ2n) is 11.4. The van der Waals surface area contributed by atoms with E-state index in [-0.39, 0.29) is 5.57 Å². The van der Waals surface area contributed by atoms with Crippen LogP contribution in [-0.2, 0) is 0 Å². The molecule has 47 heavy (non-hydrogen) atoms. The molecule has 5 aromatic rings. The molecule has 0 saturated carbocycles. The van der Waals surface area contributed by atoms with Gasteiger partial charge in [0.15, 0.2) is 0 Å². The summed E-state index contributed by atoms with van der Waals surface area (Å²) in [5.41, 5.74) is 7.89. The van der Waals surface area contributed by atoms with E-state index in [2.05, 4.69) is 90.3 Å². The van der Waals surface area contributed by atoms with E-state index in [1.54, 1.807) is 7.11 Å². The molecule has 0 radical (unpaired) electrons. The number of thiophene rings is 1. The Bertz CT molecular complexity index is 1910. The molecule has 5 nitrogen and oxygen atoms in total. The van der Waals surface area contributed by atoms with E-state index in [4.69, 9.17) is 9.47 Å². The fraction of sp³-hybridized carbons (Fsp3) is 0.171. The van der Waals surface area contributed by atoms with Gasteiger partial charge in [0.2, 0.25) is 0 Å². The molecule has 1 fully saturated rings. The fourth-order valence-electron chi connectivity index (χ4n) is 6.02. The van der Waals surface area contributed by atoms with Gasteiger partial charge < -0.3 is 14.8 Å². The van der Waals surface area contributed by atoms with Crippen molar-refractivity contribution < 1.29 is 9.47 Å². The summed E-state index contributed by atoms with van der Waals surface area (Å²) in [4.78, 5) is 0.885. The first-order valence-electron chi connectivity index (χ1n) is 15.8. The molecule has 1 saturated heterocycles. The molecule has 1 aliphatic rings. The average molecular weight is 634 g/mol. The lowest BCUT2D eigenvalue weighted by molar-refractivity contribution is 0.215. The van der Waals surface area contributed by atoms with Gasteiger partial charge in [-0.2, -0.15) is 10.5 Å². The molecule has 1 aromatic heterocycles. The number of allylic oxidation sites excluding steroid dienone is 1. The summed E-state index contributed by atoms with van der Waals surface area (Å²) in [6.07, 6.45) is 2.28. The molecule has 0 unspecified atom stereocenters. The molecule has 232 valence electrons. The SMILES string of the molecule is COc1ccc(C(=C(c2ccccc2)c2ccc(C(=C(C#N)C#N)c3cccs3)cc2)c2ccc(OCC3CCNCC3)cc2)cc1. The molecule has 0 bridgehead atoms. The van der Waals surface area contributed by atoms with Crippen molar-refractivity contribution in [3.05, 3.63) is 159 Å². The molecule has 0 atom stereocenters. The van der Waals surface area contributed by atoms with Crippen LogP contribution in [0.3, 0.4) is 0 Å². The number of nitrogens with zero attached hydrogens (tertiary/aromatic N) is 2. The van der Waals surface area contributed by atoms with Gasteiger partial charge in [-0.05, 0) is 107 Å². The first-order chi connectivity index (χ1) is 23.2. The largest absolute Gasteiger partial charge is 0.497 e. The van der Waals surface area contributed by atoms with Crippen LogP contribution < -0.4 is 14.8 Å². The van der Waals surface area contributed by atoms with Gasteiger partial charge in [-0.1, -0.05) is 84.9 Å². The van der Waals surface area contributed by atoms with E-state index in [1.165, 1.54) is 11.3 Å². The Hall–Kier alpha value is -5.40. The minimum absolute atomic E-state index is 0.0976. The summed E-state index contributed by atoms with van der Waals surface area (Å²) in [6, 6.07) is 43.2. The minimum Gasteiger partial charge on any atom is -0.497 e. The van der Waals surface area contributed by atoms with Crippen LogP contribution in [0.15, 0.2) is 126 Å². The lowest BCUT2D eigenvalue weighted by Crippen LogP contribution is -2.30. The molecule has 1 aliphatic heterocycles. The Morgan fingerprint density at radius 3 is 1.68 bits per heavy atom. The molecule has 1 N–H and O–H groups in total. The number of hydrogen-bond donors (Lipinski definition) is 1. The van der Waals surface area contributed by atoms with Crippen molar-refractivity contribution in [3.63, 3.8) is 0 Å². The van der Waals surface area contributed by atoms with Gasteiger partial charge in [0.25, 0.3) is 0 Å². The van der Waals surface area contributed by atoms with E-state index < -0.39 is 0 Å². The van der Waals surface area contributed by atoms with Crippen molar-refractivity contribution in [2.45, 2.75) is 12.8 Å². The van der Waals surface area contributed by atoms with Crippen molar-refractivity contribution in [2.75, 3.05) is 26.8 Å². The summed E-state index contributed by atoms with van der Waals surface area (Å²) in [5, 5.41) is 24.9. The number of piperidine rings is 1. The zero-order valence-corrected chi connectivity index (χ0v) is 27.1. The van der Waals surface area contributed by atoms with Gasteiger partial charge in [0.1, 0.15) is 29.2 Å². The van der Waals surface area contributed by atoms with E-state index in [9.17, 15) is 10.5 Å². The second-order valence-corrected chi connectivity index (χ2v) is 12.3.